The highest BCUT2D eigenvalue weighted by Crippen LogP contribution is 2.38. The monoisotopic (exact) mass is 409 g/mol. The van der Waals surface area contributed by atoms with E-state index in [0.717, 1.165) is 11.4 Å². The molecule has 0 atom stereocenters. The van der Waals surface area contributed by atoms with Crippen LogP contribution in [0.2, 0.25) is 0 Å². The first-order valence-electron chi connectivity index (χ1n) is 8.84. The molecule has 0 saturated carbocycles. The van der Waals surface area contributed by atoms with E-state index in [-0.39, 0.29) is 5.91 Å². The van der Waals surface area contributed by atoms with Gasteiger partial charge in [0.05, 0.1) is 16.9 Å². The lowest BCUT2D eigenvalue weighted by molar-refractivity contribution is 0.0994. The lowest BCUT2D eigenvalue weighted by Gasteiger charge is -2.22. The molecule has 0 spiro atoms. The maximum atomic E-state index is 12.8. The highest BCUT2D eigenvalue weighted by atomic mass is 32.2. The van der Waals surface area contributed by atoms with Gasteiger partial charge in [-0.25, -0.2) is 13.4 Å². The van der Waals surface area contributed by atoms with E-state index in [4.69, 9.17) is 4.98 Å². The van der Waals surface area contributed by atoms with Crippen molar-refractivity contribution in [3.05, 3.63) is 66.2 Å². The average molecular weight is 409 g/mol. The van der Waals surface area contributed by atoms with Gasteiger partial charge in [0.1, 0.15) is 5.82 Å². The Balaban J connectivity index is 1.68. The van der Waals surface area contributed by atoms with Crippen molar-refractivity contribution in [2.75, 3.05) is 33.9 Å². The zero-order valence-corrected chi connectivity index (χ0v) is 16.7. The molecule has 1 aliphatic rings. The van der Waals surface area contributed by atoms with Gasteiger partial charge in [0.2, 0.25) is 10.9 Å². The van der Waals surface area contributed by atoms with Gasteiger partial charge in [-0.3, -0.25) is 9.52 Å². The number of nitrogens with zero attached hydrogens (tertiary/aromatic N) is 3. The van der Waals surface area contributed by atoms with Gasteiger partial charge in [-0.15, -0.1) is 0 Å². The number of rotatable bonds is 4. The third-order valence-corrected chi connectivity index (χ3v) is 5.15. The molecule has 8 nitrogen and oxygen atoms in total. The highest BCUT2D eigenvalue weighted by Gasteiger charge is 2.28. The maximum Gasteiger partial charge on any atom is 0.260 e. The first-order chi connectivity index (χ1) is 13.9. The van der Waals surface area contributed by atoms with E-state index in [2.05, 4.69) is 10.0 Å². The number of fused-ring (bicyclic) bond motifs is 2. The summed E-state index contributed by atoms with van der Waals surface area (Å²) in [6, 6.07) is 17.9. The van der Waals surface area contributed by atoms with Gasteiger partial charge in [-0.1, -0.05) is 12.1 Å². The van der Waals surface area contributed by atoms with Crippen LogP contribution >= 0.6 is 0 Å². The number of carbonyl (C=O) groups is 1. The number of pyridine rings is 1. The van der Waals surface area contributed by atoms with Gasteiger partial charge >= 0.3 is 0 Å². The number of hydrogen-bond donors (Lipinski definition) is 3. The number of aromatic nitrogens is 1. The molecule has 0 radical (unpaired) electrons. The molecular weight excluding hydrogens is 390 g/mol. The zero-order chi connectivity index (χ0) is 20.5. The van der Waals surface area contributed by atoms with Crippen LogP contribution < -0.4 is 19.8 Å². The molecule has 3 aromatic rings. The molecule has 1 aliphatic heterocycles. The second kappa shape index (κ2) is 7.44. The molecule has 2 aromatic carbocycles. The number of amides is 1. The highest BCUT2D eigenvalue weighted by molar-refractivity contribution is 7.73. The number of benzene rings is 2. The summed E-state index contributed by atoms with van der Waals surface area (Å²) in [6.45, 7) is 0. The van der Waals surface area contributed by atoms with Crippen molar-refractivity contribution in [2.24, 2.45) is 0 Å². The lowest BCUT2D eigenvalue weighted by atomic mass is 10.1. The summed E-state index contributed by atoms with van der Waals surface area (Å²) < 4.78 is 23.8. The Morgan fingerprint density at radius 3 is 2.24 bits per heavy atom. The predicted molar refractivity (Wildman–Crippen MR) is 115 cm³/mol. The van der Waals surface area contributed by atoms with Crippen LogP contribution in [0, 0.1) is 0 Å². The predicted octanol–water partition coefficient (Wildman–Crippen LogP) is 3.12. The summed E-state index contributed by atoms with van der Waals surface area (Å²) in [4.78, 5) is 21.0. The molecular formula is C20H19N5O3S. The van der Waals surface area contributed by atoms with Gasteiger partial charge in [0.25, 0.3) is 5.91 Å². The molecule has 148 valence electrons. The quantitative estimate of drug-likeness (QED) is 0.573. The molecule has 1 amide bonds. The summed E-state index contributed by atoms with van der Waals surface area (Å²) in [5, 5.41) is 3.21. The van der Waals surface area contributed by atoms with Crippen molar-refractivity contribution < 1.29 is 13.2 Å². The first-order valence-corrected chi connectivity index (χ1v) is 10.0. The molecule has 2 N–H and O–H groups in total. The van der Waals surface area contributed by atoms with Crippen LogP contribution in [0.5, 0.6) is 0 Å². The van der Waals surface area contributed by atoms with Gasteiger partial charge in [-0.2, -0.15) is 0 Å². The van der Waals surface area contributed by atoms with Crippen molar-refractivity contribution in [1.82, 2.24) is 4.98 Å². The molecule has 4 rings (SSSR count). The topological polar surface area (TPSA) is 94.6 Å². The minimum Gasteiger partial charge on any atom is -0.340 e. The Kier molecular flexibility index (Phi) is 4.81. The van der Waals surface area contributed by atoms with Crippen LogP contribution in [-0.2, 0) is 10.9 Å². The van der Waals surface area contributed by atoms with E-state index in [1.54, 1.807) is 48.3 Å². The number of para-hydroxylation sites is 1. The molecule has 0 aliphatic carbocycles. The molecule has 0 unspecified atom stereocenters. The van der Waals surface area contributed by atoms with E-state index in [0.29, 0.717) is 28.6 Å². The van der Waals surface area contributed by atoms with E-state index >= 15 is 0 Å². The van der Waals surface area contributed by atoms with E-state index in [1.165, 1.54) is 0 Å². The molecule has 9 heteroatoms. The van der Waals surface area contributed by atoms with Gasteiger partial charge in [0.15, 0.2) is 5.82 Å². The van der Waals surface area contributed by atoms with Crippen LogP contribution in [0.4, 0.5) is 34.4 Å². The molecule has 0 saturated heterocycles. The van der Waals surface area contributed by atoms with Crippen LogP contribution in [0.1, 0.15) is 10.4 Å². The molecule has 2 heterocycles. The van der Waals surface area contributed by atoms with Gasteiger partial charge in [-0.05, 0) is 48.5 Å². The second-order valence-corrected chi connectivity index (χ2v) is 7.29. The number of hydrogen-bond acceptors (Lipinski definition) is 6. The van der Waals surface area contributed by atoms with Crippen molar-refractivity contribution in [3.63, 3.8) is 0 Å². The van der Waals surface area contributed by atoms with Crippen molar-refractivity contribution in [2.45, 2.75) is 0 Å². The Morgan fingerprint density at radius 2 is 1.52 bits per heavy atom. The Labute approximate surface area is 169 Å². The third kappa shape index (κ3) is 3.59. The normalized spacial score (nSPS) is 13.0. The van der Waals surface area contributed by atoms with Crippen molar-refractivity contribution in [3.8, 4) is 0 Å². The van der Waals surface area contributed by atoms with Crippen molar-refractivity contribution in [1.29, 1.82) is 0 Å². The third-order valence-electron chi connectivity index (χ3n) is 4.71. The maximum absolute atomic E-state index is 12.8. The molecule has 1 aromatic heterocycles. The number of nitrogens with one attached hydrogen (secondary N) is 2. The van der Waals surface area contributed by atoms with Gasteiger partial charge < -0.3 is 15.1 Å². The minimum atomic E-state index is -2.70. The standard InChI is InChI=1S/C20H19N5O3S/c1-24-16-6-4-3-5-15(16)20(26)25(2)17-11-12-18(22-19(17)24)21-13-7-9-14(10-8-13)23-29(27)28/h3-12,29H,1-2H3,(H,21,22)(H,23,27,28). The molecule has 29 heavy (non-hydrogen) atoms. The fraction of sp³-hybridized carbons (Fsp3) is 0.100. The fourth-order valence-electron chi connectivity index (χ4n) is 3.25. The summed E-state index contributed by atoms with van der Waals surface area (Å²) in [7, 11) is 0.917. The fourth-order valence-corrected chi connectivity index (χ4v) is 3.61. The molecule has 0 fully saturated rings. The summed E-state index contributed by atoms with van der Waals surface area (Å²) in [5.74, 6) is 1.16. The summed E-state index contributed by atoms with van der Waals surface area (Å²) in [5.41, 5.74) is 3.35. The smallest absolute Gasteiger partial charge is 0.260 e. The van der Waals surface area contributed by atoms with E-state index < -0.39 is 10.9 Å². The van der Waals surface area contributed by atoms with Crippen LogP contribution in [-0.4, -0.2) is 33.4 Å². The van der Waals surface area contributed by atoms with Crippen LogP contribution in [0.3, 0.4) is 0 Å². The van der Waals surface area contributed by atoms with Crippen molar-refractivity contribution >= 4 is 51.2 Å². The number of anilines is 6. The average Bonchev–Trinajstić information content (AvgIpc) is 2.79. The second-order valence-electron chi connectivity index (χ2n) is 6.55. The van der Waals surface area contributed by atoms with E-state index in [9.17, 15) is 13.2 Å². The van der Waals surface area contributed by atoms with Gasteiger partial charge in [0, 0.05) is 25.5 Å². The largest absolute Gasteiger partial charge is 0.340 e. The van der Waals surface area contributed by atoms with Crippen LogP contribution in [0.25, 0.3) is 0 Å². The first kappa shape index (κ1) is 18.8. The SMILES string of the molecule is CN1C(=O)c2ccccc2N(C)c2nc(Nc3ccc(N[SH](=O)=O)cc3)ccc21. The summed E-state index contributed by atoms with van der Waals surface area (Å²) in [6.07, 6.45) is 0. The number of thiol groups is 1. The number of carbonyl (C=O) groups excluding carboxylic acids is 1. The Morgan fingerprint density at radius 1 is 0.828 bits per heavy atom. The minimum absolute atomic E-state index is 0.0893. The Hall–Kier alpha value is -3.59. The Bertz CT molecular complexity index is 1150. The lowest BCUT2D eigenvalue weighted by Crippen LogP contribution is -2.25. The van der Waals surface area contributed by atoms with E-state index in [1.807, 2.05) is 36.2 Å². The summed E-state index contributed by atoms with van der Waals surface area (Å²) >= 11 is 0. The zero-order valence-electron chi connectivity index (χ0n) is 15.8. The van der Waals surface area contributed by atoms with Crippen LogP contribution in [0.15, 0.2) is 60.7 Å². The molecule has 0 bridgehead atoms.